The second-order valence-corrected chi connectivity index (χ2v) is 3.86. The molecular formula is C11H19N5O2. The Morgan fingerprint density at radius 1 is 1.50 bits per heavy atom. The van der Waals surface area contributed by atoms with Crippen LogP contribution >= 0.6 is 0 Å². The number of likely N-dealkylation sites (N-methyl/N-ethyl adjacent to an activating group) is 1. The van der Waals surface area contributed by atoms with Crippen molar-refractivity contribution in [2.75, 3.05) is 20.1 Å². The highest BCUT2D eigenvalue weighted by atomic mass is 16.2. The first-order chi connectivity index (χ1) is 8.60. The summed E-state index contributed by atoms with van der Waals surface area (Å²) in [6.45, 7) is 3.05. The zero-order valence-electron chi connectivity index (χ0n) is 10.7. The number of rotatable bonds is 6. The second kappa shape index (κ2) is 6.75. The molecule has 100 valence electrons. The van der Waals surface area contributed by atoms with E-state index in [4.69, 9.17) is 5.73 Å². The van der Waals surface area contributed by atoms with Gasteiger partial charge in [0.05, 0.1) is 18.3 Å². The molecule has 0 fully saturated rings. The van der Waals surface area contributed by atoms with Gasteiger partial charge in [-0.2, -0.15) is 5.10 Å². The standard InChI is InChI=1S/C11H19N5O2/c1-8-9(6-15-16(8)5-3-4-12)11(18)14-7-10(17)13-2/h6H,3-5,7,12H2,1-2H3,(H,13,17)(H,14,18). The molecule has 0 aliphatic carbocycles. The van der Waals surface area contributed by atoms with E-state index in [1.54, 1.807) is 4.68 Å². The highest BCUT2D eigenvalue weighted by Gasteiger charge is 2.14. The number of amides is 2. The van der Waals surface area contributed by atoms with Crippen molar-refractivity contribution in [1.29, 1.82) is 0 Å². The average Bonchev–Trinajstić information content (AvgIpc) is 2.74. The molecule has 0 spiro atoms. The van der Waals surface area contributed by atoms with Crippen LogP contribution in [0.25, 0.3) is 0 Å². The predicted molar refractivity (Wildman–Crippen MR) is 67.0 cm³/mol. The van der Waals surface area contributed by atoms with Crippen molar-refractivity contribution in [1.82, 2.24) is 20.4 Å². The lowest BCUT2D eigenvalue weighted by atomic mass is 10.2. The predicted octanol–water partition coefficient (Wildman–Crippen LogP) is -0.984. The van der Waals surface area contributed by atoms with Gasteiger partial charge in [-0.25, -0.2) is 0 Å². The summed E-state index contributed by atoms with van der Waals surface area (Å²) in [4.78, 5) is 22.8. The van der Waals surface area contributed by atoms with Crippen LogP contribution in [-0.4, -0.2) is 41.7 Å². The number of nitrogens with two attached hydrogens (primary N) is 1. The summed E-state index contributed by atoms with van der Waals surface area (Å²) in [6.07, 6.45) is 2.31. The van der Waals surface area contributed by atoms with Crippen LogP contribution in [0.1, 0.15) is 22.5 Å². The molecule has 7 heteroatoms. The van der Waals surface area contributed by atoms with E-state index in [-0.39, 0.29) is 18.4 Å². The van der Waals surface area contributed by atoms with E-state index in [1.165, 1.54) is 13.2 Å². The Morgan fingerprint density at radius 3 is 2.83 bits per heavy atom. The van der Waals surface area contributed by atoms with Gasteiger partial charge in [-0.05, 0) is 19.9 Å². The maximum absolute atomic E-state index is 11.8. The van der Waals surface area contributed by atoms with Gasteiger partial charge < -0.3 is 16.4 Å². The Labute approximate surface area is 106 Å². The second-order valence-electron chi connectivity index (χ2n) is 3.86. The lowest BCUT2D eigenvalue weighted by Crippen LogP contribution is -2.35. The zero-order chi connectivity index (χ0) is 13.5. The highest BCUT2D eigenvalue weighted by molar-refractivity contribution is 5.97. The van der Waals surface area contributed by atoms with Gasteiger partial charge in [-0.15, -0.1) is 0 Å². The van der Waals surface area contributed by atoms with Crippen LogP contribution in [0, 0.1) is 6.92 Å². The van der Waals surface area contributed by atoms with Crippen LogP contribution < -0.4 is 16.4 Å². The van der Waals surface area contributed by atoms with Crippen molar-refractivity contribution in [3.63, 3.8) is 0 Å². The first kappa shape index (κ1) is 14.2. The molecule has 7 nitrogen and oxygen atoms in total. The molecule has 1 aromatic heterocycles. The molecule has 0 unspecified atom stereocenters. The fraction of sp³-hybridized carbons (Fsp3) is 0.545. The summed E-state index contributed by atoms with van der Waals surface area (Å²) in [7, 11) is 1.52. The molecule has 0 bridgehead atoms. The van der Waals surface area contributed by atoms with Gasteiger partial charge in [-0.3, -0.25) is 14.3 Å². The normalized spacial score (nSPS) is 10.2. The van der Waals surface area contributed by atoms with E-state index < -0.39 is 0 Å². The Morgan fingerprint density at radius 2 is 2.22 bits per heavy atom. The summed E-state index contributed by atoms with van der Waals surface area (Å²) in [5, 5.41) is 9.08. The van der Waals surface area contributed by atoms with Gasteiger partial charge in [0.1, 0.15) is 0 Å². The summed E-state index contributed by atoms with van der Waals surface area (Å²) >= 11 is 0. The first-order valence-corrected chi connectivity index (χ1v) is 5.81. The van der Waals surface area contributed by atoms with Crippen LogP contribution in [0.3, 0.4) is 0 Å². The molecule has 0 saturated heterocycles. The average molecular weight is 253 g/mol. The third-order valence-corrected chi connectivity index (χ3v) is 2.61. The van der Waals surface area contributed by atoms with E-state index in [9.17, 15) is 9.59 Å². The fourth-order valence-electron chi connectivity index (χ4n) is 1.48. The Balaban J connectivity index is 2.63. The van der Waals surface area contributed by atoms with Crippen molar-refractivity contribution in [3.8, 4) is 0 Å². The molecule has 0 aliphatic heterocycles. The number of carbonyl (C=O) groups excluding carboxylic acids is 2. The molecule has 0 atom stereocenters. The molecule has 0 radical (unpaired) electrons. The Kier molecular flexibility index (Phi) is 5.31. The summed E-state index contributed by atoms with van der Waals surface area (Å²) < 4.78 is 1.74. The minimum atomic E-state index is -0.296. The SMILES string of the molecule is CNC(=O)CNC(=O)c1cnn(CCCN)c1C. The monoisotopic (exact) mass is 253 g/mol. The maximum atomic E-state index is 11.8. The molecular weight excluding hydrogens is 234 g/mol. The molecule has 1 rings (SSSR count). The lowest BCUT2D eigenvalue weighted by Gasteiger charge is -2.05. The minimum Gasteiger partial charge on any atom is -0.358 e. The van der Waals surface area contributed by atoms with Crippen molar-refractivity contribution >= 4 is 11.8 Å². The molecule has 0 aliphatic rings. The maximum Gasteiger partial charge on any atom is 0.255 e. The van der Waals surface area contributed by atoms with Crippen molar-refractivity contribution in [3.05, 3.63) is 17.5 Å². The number of carbonyl (C=O) groups is 2. The van der Waals surface area contributed by atoms with E-state index in [0.717, 1.165) is 12.1 Å². The topological polar surface area (TPSA) is 102 Å². The molecule has 0 aromatic carbocycles. The number of hydrogen-bond donors (Lipinski definition) is 3. The summed E-state index contributed by atoms with van der Waals surface area (Å²) in [6, 6.07) is 0. The minimum absolute atomic E-state index is 0.0389. The molecule has 1 aromatic rings. The van der Waals surface area contributed by atoms with Gasteiger partial charge >= 0.3 is 0 Å². The highest BCUT2D eigenvalue weighted by Crippen LogP contribution is 2.07. The molecule has 1 heterocycles. The van der Waals surface area contributed by atoms with E-state index in [1.807, 2.05) is 6.92 Å². The fourth-order valence-corrected chi connectivity index (χ4v) is 1.48. The number of nitrogens with one attached hydrogen (secondary N) is 2. The van der Waals surface area contributed by atoms with Gasteiger partial charge in [0.2, 0.25) is 5.91 Å². The van der Waals surface area contributed by atoms with E-state index in [2.05, 4.69) is 15.7 Å². The van der Waals surface area contributed by atoms with Crippen molar-refractivity contribution in [2.24, 2.45) is 5.73 Å². The molecule has 2 amide bonds. The Hall–Kier alpha value is -1.89. The van der Waals surface area contributed by atoms with Crippen molar-refractivity contribution < 1.29 is 9.59 Å². The van der Waals surface area contributed by atoms with Crippen LogP contribution in [0.5, 0.6) is 0 Å². The van der Waals surface area contributed by atoms with Crippen LogP contribution in [0.4, 0.5) is 0 Å². The van der Waals surface area contributed by atoms with Gasteiger partial charge in [0.15, 0.2) is 0 Å². The zero-order valence-corrected chi connectivity index (χ0v) is 10.7. The molecule has 0 saturated carbocycles. The van der Waals surface area contributed by atoms with Gasteiger partial charge in [0.25, 0.3) is 5.91 Å². The summed E-state index contributed by atoms with van der Waals surface area (Å²) in [5.74, 6) is -0.536. The van der Waals surface area contributed by atoms with Crippen LogP contribution in [0.2, 0.25) is 0 Å². The quantitative estimate of drug-likeness (QED) is 0.606. The van der Waals surface area contributed by atoms with Crippen molar-refractivity contribution in [2.45, 2.75) is 19.9 Å². The lowest BCUT2D eigenvalue weighted by molar-refractivity contribution is -0.119. The smallest absolute Gasteiger partial charge is 0.255 e. The number of aromatic nitrogens is 2. The number of aryl methyl sites for hydroxylation is 1. The van der Waals surface area contributed by atoms with Crippen LogP contribution in [0.15, 0.2) is 6.20 Å². The van der Waals surface area contributed by atoms with Gasteiger partial charge in [-0.1, -0.05) is 0 Å². The van der Waals surface area contributed by atoms with E-state index >= 15 is 0 Å². The summed E-state index contributed by atoms with van der Waals surface area (Å²) in [5.41, 5.74) is 6.68. The largest absolute Gasteiger partial charge is 0.358 e. The number of nitrogens with zero attached hydrogens (tertiary/aromatic N) is 2. The number of hydrogen-bond acceptors (Lipinski definition) is 4. The molecule has 4 N–H and O–H groups in total. The Bertz CT molecular complexity index is 427. The van der Waals surface area contributed by atoms with E-state index in [0.29, 0.717) is 18.7 Å². The first-order valence-electron chi connectivity index (χ1n) is 5.81. The molecule has 18 heavy (non-hydrogen) atoms. The van der Waals surface area contributed by atoms with Gasteiger partial charge in [0, 0.05) is 19.3 Å². The third-order valence-electron chi connectivity index (χ3n) is 2.61. The third kappa shape index (κ3) is 3.56. The van der Waals surface area contributed by atoms with Crippen LogP contribution in [-0.2, 0) is 11.3 Å².